The van der Waals surface area contributed by atoms with E-state index in [1.165, 1.54) is 12.3 Å². The summed E-state index contributed by atoms with van der Waals surface area (Å²) in [6, 6.07) is 3.03. The minimum atomic E-state index is -4.08. The second-order valence-electron chi connectivity index (χ2n) is 3.62. The number of hydrogen-bond acceptors (Lipinski definition) is 5. The first-order valence-corrected chi connectivity index (χ1v) is 7.29. The van der Waals surface area contributed by atoms with Crippen molar-refractivity contribution in [3.63, 3.8) is 0 Å². The highest BCUT2D eigenvalue weighted by molar-refractivity contribution is 7.92. The number of aromatic nitrogens is 2. The van der Waals surface area contributed by atoms with Crippen LogP contribution in [-0.2, 0) is 10.0 Å². The number of rotatable bonds is 3. The van der Waals surface area contributed by atoms with Crippen LogP contribution in [0.1, 0.15) is 0 Å². The second-order valence-corrected chi connectivity index (χ2v) is 6.02. The van der Waals surface area contributed by atoms with Gasteiger partial charge in [0.1, 0.15) is 16.5 Å². The van der Waals surface area contributed by atoms with Crippen molar-refractivity contribution in [3.8, 4) is 0 Å². The average Bonchev–Trinajstić information content (AvgIpc) is 2.33. The van der Waals surface area contributed by atoms with Gasteiger partial charge in [-0.25, -0.2) is 17.8 Å². The lowest BCUT2D eigenvalue weighted by Gasteiger charge is -2.09. The first-order chi connectivity index (χ1) is 9.29. The summed E-state index contributed by atoms with van der Waals surface area (Å²) in [4.78, 5) is 6.91. The van der Waals surface area contributed by atoms with Crippen molar-refractivity contribution in [3.05, 3.63) is 40.5 Å². The zero-order valence-corrected chi connectivity index (χ0v) is 12.0. The molecular weight excluding hydrogens is 330 g/mol. The molecule has 0 aliphatic rings. The molecule has 0 saturated heterocycles. The summed E-state index contributed by atoms with van der Waals surface area (Å²) in [5.74, 6) is -0.858. The Labute approximate surface area is 123 Å². The molecule has 0 radical (unpaired) electrons. The molecule has 0 spiro atoms. The van der Waals surface area contributed by atoms with Crippen LogP contribution in [0.4, 0.5) is 15.9 Å². The molecule has 0 unspecified atom stereocenters. The monoisotopic (exact) mass is 336 g/mol. The summed E-state index contributed by atoms with van der Waals surface area (Å²) >= 11 is 11.3. The number of halogens is 3. The Morgan fingerprint density at radius 3 is 2.65 bits per heavy atom. The zero-order valence-electron chi connectivity index (χ0n) is 9.64. The van der Waals surface area contributed by atoms with E-state index in [0.717, 1.165) is 12.1 Å². The van der Waals surface area contributed by atoms with Crippen molar-refractivity contribution in [1.29, 1.82) is 0 Å². The molecule has 6 nitrogen and oxygen atoms in total. The molecule has 0 bridgehead atoms. The number of nitrogens with zero attached hydrogens (tertiary/aromatic N) is 2. The lowest BCUT2D eigenvalue weighted by atomic mass is 10.3. The molecule has 1 aromatic heterocycles. The Morgan fingerprint density at radius 1 is 1.30 bits per heavy atom. The summed E-state index contributed by atoms with van der Waals surface area (Å²) in [5, 5.41) is -0.431. The van der Waals surface area contributed by atoms with Crippen LogP contribution in [0.25, 0.3) is 0 Å². The van der Waals surface area contributed by atoms with E-state index in [1.54, 1.807) is 0 Å². The number of nitrogens with two attached hydrogens (primary N) is 1. The fourth-order valence-corrected chi connectivity index (χ4v) is 3.03. The van der Waals surface area contributed by atoms with Gasteiger partial charge in [-0.15, -0.1) is 0 Å². The SMILES string of the molecule is Nc1cc(S(=O)(=O)Nc2ccnc(Cl)n2)c(Cl)cc1F. The largest absolute Gasteiger partial charge is 0.396 e. The van der Waals surface area contributed by atoms with Crippen LogP contribution in [0.15, 0.2) is 29.3 Å². The van der Waals surface area contributed by atoms with Gasteiger partial charge in [-0.05, 0) is 29.8 Å². The lowest BCUT2D eigenvalue weighted by Crippen LogP contribution is -2.15. The van der Waals surface area contributed by atoms with Crippen molar-refractivity contribution < 1.29 is 12.8 Å². The van der Waals surface area contributed by atoms with Gasteiger partial charge in [0.2, 0.25) is 5.28 Å². The molecule has 2 rings (SSSR count). The Bertz CT molecular complexity index is 770. The molecule has 1 aromatic carbocycles. The molecule has 0 aliphatic carbocycles. The van der Waals surface area contributed by atoms with Crippen LogP contribution in [0.3, 0.4) is 0 Å². The van der Waals surface area contributed by atoms with Crippen molar-refractivity contribution in [2.24, 2.45) is 0 Å². The molecular formula is C10H7Cl2FN4O2S. The standard InChI is InChI=1S/C10H7Cl2FN4O2S/c11-5-3-6(13)7(14)4-8(5)20(18,19)17-9-1-2-15-10(12)16-9/h1-4H,14H2,(H,15,16,17). The molecule has 1 heterocycles. The van der Waals surface area contributed by atoms with E-state index in [-0.39, 0.29) is 26.7 Å². The highest BCUT2D eigenvalue weighted by Crippen LogP contribution is 2.27. The van der Waals surface area contributed by atoms with Crippen molar-refractivity contribution in [1.82, 2.24) is 9.97 Å². The Hall–Kier alpha value is -1.64. The number of hydrogen-bond donors (Lipinski definition) is 2. The van der Waals surface area contributed by atoms with Gasteiger partial charge in [-0.2, -0.15) is 4.98 Å². The number of anilines is 2. The van der Waals surface area contributed by atoms with E-state index in [0.29, 0.717) is 0 Å². The third-order valence-corrected chi connectivity index (χ3v) is 4.21. The smallest absolute Gasteiger partial charge is 0.264 e. The van der Waals surface area contributed by atoms with E-state index < -0.39 is 15.8 Å². The van der Waals surface area contributed by atoms with Gasteiger partial charge in [-0.3, -0.25) is 4.72 Å². The molecule has 0 atom stereocenters. The predicted octanol–water partition coefficient (Wildman–Crippen LogP) is 2.31. The first kappa shape index (κ1) is 14.8. The molecule has 10 heteroatoms. The minimum absolute atomic E-state index is 0.0519. The summed E-state index contributed by atoms with van der Waals surface area (Å²) in [5.41, 5.74) is 4.99. The third-order valence-electron chi connectivity index (χ3n) is 2.21. The topological polar surface area (TPSA) is 98.0 Å². The van der Waals surface area contributed by atoms with Gasteiger partial charge in [0.05, 0.1) is 10.7 Å². The number of nitrogens with one attached hydrogen (secondary N) is 1. The maximum atomic E-state index is 13.2. The fourth-order valence-electron chi connectivity index (χ4n) is 1.34. The molecule has 0 saturated carbocycles. The maximum absolute atomic E-state index is 13.2. The van der Waals surface area contributed by atoms with Gasteiger partial charge >= 0.3 is 0 Å². The molecule has 20 heavy (non-hydrogen) atoms. The van der Waals surface area contributed by atoms with Crippen LogP contribution in [-0.4, -0.2) is 18.4 Å². The highest BCUT2D eigenvalue weighted by Gasteiger charge is 2.21. The van der Waals surface area contributed by atoms with Crippen LogP contribution < -0.4 is 10.5 Å². The van der Waals surface area contributed by atoms with Crippen LogP contribution in [0.2, 0.25) is 10.3 Å². The number of benzene rings is 1. The van der Waals surface area contributed by atoms with E-state index in [9.17, 15) is 12.8 Å². The summed E-state index contributed by atoms with van der Waals surface area (Å²) in [6.45, 7) is 0. The molecule has 106 valence electrons. The van der Waals surface area contributed by atoms with Crippen LogP contribution in [0, 0.1) is 5.82 Å². The molecule has 0 amide bonds. The fraction of sp³-hybridized carbons (Fsp3) is 0. The molecule has 0 fully saturated rings. The Balaban J connectivity index is 2.43. The molecule has 0 aliphatic heterocycles. The van der Waals surface area contributed by atoms with Gasteiger partial charge in [-0.1, -0.05) is 11.6 Å². The predicted molar refractivity (Wildman–Crippen MR) is 73.7 cm³/mol. The van der Waals surface area contributed by atoms with Crippen LogP contribution >= 0.6 is 23.2 Å². The molecule has 2 aromatic rings. The van der Waals surface area contributed by atoms with Crippen molar-refractivity contribution >= 4 is 44.7 Å². The summed E-state index contributed by atoms with van der Waals surface area (Å²) in [6.07, 6.45) is 1.27. The van der Waals surface area contributed by atoms with Gasteiger partial charge in [0.25, 0.3) is 10.0 Å². The third kappa shape index (κ3) is 3.09. The molecule has 3 N–H and O–H groups in total. The Morgan fingerprint density at radius 2 is 2.00 bits per heavy atom. The van der Waals surface area contributed by atoms with E-state index in [2.05, 4.69) is 14.7 Å². The summed E-state index contributed by atoms with van der Waals surface area (Å²) in [7, 11) is -4.08. The van der Waals surface area contributed by atoms with Crippen molar-refractivity contribution in [2.45, 2.75) is 4.90 Å². The summed E-state index contributed by atoms with van der Waals surface area (Å²) < 4.78 is 39.5. The average molecular weight is 337 g/mol. The number of nitrogen functional groups attached to an aromatic ring is 1. The van der Waals surface area contributed by atoms with Gasteiger partial charge in [0, 0.05) is 6.20 Å². The number of sulfonamides is 1. The zero-order chi connectivity index (χ0) is 14.9. The normalized spacial score (nSPS) is 11.3. The first-order valence-electron chi connectivity index (χ1n) is 5.05. The van der Waals surface area contributed by atoms with Gasteiger partial charge < -0.3 is 5.73 Å². The van der Waals surface area contributed by atoms with Gasteiger partial charge in [0.15, 0.2) is 0 Å². The van der Waals surface area contributed by atoms with E-state index >= 15 is 0 Å². The Kier molecular flexibility index (Phi) is 3.98. The van der Waals surface area contributed by atoms with Crippen molar-refractivity contribution in [2.75, 3.05) is 10.5 Å². The van der Waals surface area contributed by atoms with Crippen LogP contribution in [0.5, 0.6) is 0 Å². The quantitative estimate of drug-likeness (QED) is 0.662. The maximum Gasteiger partial charge on any atom is 0.264 e. The van der Waals surface area contributed by atoms with E-state index in [1.807, 2.05) is 0 Å². The van der Waals surface area contributed by atoms with E-state index in [4.69, 9.17) is 28.9 Å². The minimum Gasteiger partial charge on any atom is -0.396 e. The second kappa shape index (κ2) is 5.39. The lowest BCUT2D eigenvalue weighted by molar-refractivity contribution is 0.600. The highest BCUT2D eigenvalue weighted by atomic mass is 35.5.